The third-order valence-corrected chi connectivity index (χ3v) is 3.05. The fourth-order valence-electron chi connectivity index (χ4n) is 2.39. The Morgan fingerprint density at radius 1 is 1.60 bits per heavy atom. The molecule has 0 fully saturated rings. The first-order chi connectivity index (χ1) is 6.83. The Labute approximate surface area is 91.7 Å². The van der Waals surface area contributed by atoms with Gasteiger partial charge in [-0.1, -0.05) is 31.6 Å². The van der Waals surface area contributed by atoms with E-state index in [2.05, 4.69) is 13.8 Å². The van der Waals surface area contributed by atoms with Crippen LogP contribution in [0.25, 0.3) is 0 Å². The van der Waals surface area contributed by atoms with E-state index in [1.165, 1.54) is 0 Å². The first-order valence-electron chi connectivity index (χ1n) is 5.38. The number of carbonyl (C=O) groups excluding carboxylic acids is 1. The molecule has 0 saturated carbocycles. The fraction of sp³-hybridized carbons (Fsp3) is 0.615. The minimum absolute atomic E-state index is 0.0181. The van der Waals surface area contributed by atoms with Gasteiger partial charge >= 0.3 is 0 Å². The van der Waals surface area contributed by atoms with Crippen LogP contribution in [0, 0.1) is 11.3 Å². The lowest BCUT2D eigenvalue weighted by molar-refractivity contribution is -0.112. The quantitative estimate of drug-likeness (QED) is 0.559. The number of aliphatic hydroxyl groups excluding tert-OH is 1. The van der Waals surface area contributed by atoms with Gasteiger partial charge in [0.2, 0.25) is 0 Å². The highest BCUT2D eigenvalue weighted by atomic mass is 16.3. The maximum absolute atomic E-state index is 10.9. The summed E-state index contributed by atoms with van der Waals surface area (Å²) >= 11 is 0. The minimum Gasteiger partial charge on any atom is -0.389 e. The summed E-state index contributed by atoms with van der Waals surface area (Å²) in [5.74, 6) is 0.328. The van der Waals surface area contributed by atoms with Crippen molar-refractivity contribution >= 4 is 5.78 Å². The van der Waals surface area contributed by atoms with Gasteiger partial charge in [-0.3, -0.25) is 4.79 Å². The number of hydrogen-bond donors (Lipinski definition) is 1. The first-order valence-corrected chi connectivity index (χ1v) is 5.38. The lowest BCUT2D eigenvalue weighted by Crippen LogP contribution is -2.32. The van der Waals surface area contributed by atoms with Crippen LogP contribution < -0.4 is 0 Å². The average Bonchev–Trinajstić information content (AvgIpc) is 1.98. The predicted molar refractivity (Wildman–Crippen MR) is 61.5 cm³/mol. The molecular formula is C13H20O2. The lowest BCUT2D eigenvalue weighted by atomic mass is 9.68. The highest BCUT2D eigenvalue weighted by Crippen LogP contribution is 2.41. The molecule has 15 heavy (non-hydrogen) atoms. The Morgan fingerprint density at radius 2 is 2.20 bits per heavy atom. The molecule has 0 saturated heterocycles. The van der Waals surface area contributed by atoms with Crippen molar-refractivity contribution in [3.8, 4) is 0 Å². The fourth-order valence-corrected chi connectivity index (χ4v) is 2.39. The molecule has 0 aromatic rings. The van der Waals surface area contributed by atoms with E-state index in [0.717, 1.165) is 12.0 Å². The van der Waals surface area contributed by atoms with Crippen LogP contribution in [-0.4, -0.2) is 17.0 Å². The monoisotopic (exact) mass is 208 g/mol. The summed E-state index contributed by atoms with van der Waals surface area (Å²) in [4.78, 5) is 10.9. The van der Waals surface area contributed by atoms with Crippen LogP contribution in [0.1, 0.15) is 34.1 Å². The normalized spacial score (nSPS) is 30.3. The van der Waals surface area contributed by atoms with Gasteiger partial charge in [0.05, 0.1) is 6.10 Å². The van der Waals surface area contributed by atoms with Crippen LogP contribution in [0.4, 0.5) is 0 Å². The Kier molecular flexibility index (Phi) is 3.50. The summed E-state index contributed by atoms with van der Waals surface area (Å²) in [6.45, 7) is 7.82. The van der Waals surface area contributed by atoms with Gasteiger partial charge in [-0.15, -0.1) is 0 Å². The Balaban J connectivity index is 2.94. The van der Waals surface area contributed by atoms with Crippen LogP contribution in [0.2, 0.25) is 0 Å². The molecule has 0 bridgehead atoms. The SMILES string of the molecule is CC(=O)/C=C/C1C(C)=C[C@@H](O)CC1(C)C. The second-order valence-corrected chi connectivity index (χ2v) is 5.12. The van der Waals surface area contributed by atoms with E-state index >= 15 is 0 Å². The summed E-state index contributed by atoms with van der Waals surface area (Å²) in [6.07, 6.45) is 5.88. The molecule has 0 spiro atoms. The molecule has 2 atom stereocenters. The number of hydrogen-bond acceptors (Lipinski definition) is 2. The zero-order valence-corrected chi connectivity index (χ0v) is 9.95. The third-order valence-electron chi connectivity index (χ3n) is 3.05. The number of allylic oxidation sites excluding steroid dienone is 3. The molecule has 0 aliphatic heterocycles. The van der Waals surface area contributed by atoms with Crippen molar-refractivity contribution in [2.75, 3.05) is 0 Å². The molecule has 1 rings (SSSR count). The predicted octanol–water partition coefficient (Wildman–Crippen LogP) is 2.48. The Bertz CT molecular complexity index is 310. The largest absolute Gasteiger partial charge is 0.389 e. The standard InChI is InChI=1S/C13H20O2/c1-9-7-11(15)8-13(3,4)12(9)6-5-10(2)14/h5-7,11-12,15H,8H2,1-4H3/b6-5+/t11-,12?/m1/s1. The second-order valence-electron chi connectivity index (χ2n) is 5.12. The molecular weight excluding hydrogens is 188 g/mol. The van der Waals surface area contributed by atoms with Crippen molar-refractivity contribution in [2.45, 2.75) is 40.2 Å². The molecule has 2 nitrogen and oxygen atoms in total. The molecule has 1 aliphatic rings. The maximum Gasteiger partial charge on any atom is 0.152 e. The van der Waals surface area contributed by atoms with Crippen molar-refractivity contribution < 1.29 is 9.90 Å². The van der Waals surface area contributed by atoms with Crippen molar-refractivity contribution in [3.63, 3.8) is 0 Å². The van der Waals surface area contributed by atoms with Crippen LogP contribution in [-0.2, 0) is 4.79 Å². The first kappa shape index (κ1) is 12.2. The van der Waals surface area contributed by atoms with Gasteiger partial charge < -0.3 is 5.11 Å². The molecule has 1 N–H and O–H groups in total. The maximum atomic E-state index is 10.9. The molecule has 0 heterocycles. The average molecular weight is 208 g/mol. The molecule has 2 heteroatoms. The molecule has 0 amide bonds. The van der Waals surface area contributed by atoms with E-state index in [9.17, 15) is 9.90 Å². The third kappa shape index (κ3) is 3.03. The second kappa shape index (κ2) is 4.31. The van der Waals surface area contributed by atoms with Crippen LogP contribution in [0.15, 0.2) is 23.8 Å². The van der Waals surface area contributed by atoms with Crippen LogP contribution in [0.3, 0.4) is 0 Å². The van der Waals surface area contributed by atoms with Crippen molar-refractivity contribution in [2.24, 2.45) is 11.3 Å². The van der Waals surface area contributed by atoms with E-state index in [-0.39, 0.29) is 23.2 Å². The van der Waals surface area contributed by atoms with Gasteiger partial charge in [0.15, 0.2) is 5.78 Å². The topological polar surface area (TPSA) is 37.3 Å². The Hall–Kier alpha value is -0.890. The summed E-state index contributed by atoms with van der Waals surface area (Å²) in [5.41, 5.74) is 1.17. The smallest absolute Gasteiger partial charge is 0.152 e. The van der Waals surface area contributed by atoms with Gasteiger partial charge in [0, 0.05) is 5.92 Å². The van der Waals surface area contributed by atoms with Crippen molar-refractivity contribution in [1.29, 1.82) is 0 Å². The van der Waals surface area contributed by atoms with Gasteiger partial charge in [0.25, 0.3) is 0 Å². The molecule has 0 aromatic carbocycles. The Morgan fingerprint density at radius 3 is 2.67 bits per heavy atom. The van der Waals surface area contributed by atoms with E-state index in [4.69, 9.17) is 0 Å². The van der Waals surface area contributed by atoms with Crippen molar-refractivity contribution in [1.82, 2.24) is 0 Å². The molecule has 1 aliphatic carbocycles. The lowest BCUT2D eigenvalue weighted by Gasteiger charge is -2.38. The molecule has 1 unspecified atom stereocenters. The van der Waals surface area contributed by atoms with Gasteiger partial charge in [-0.05, 0) is 31.8 Å². The summed E-state index contributed by atoms with van der Waals surface area (Å²) < 4.78 is 0. The van der Waals surface area contributed by atoms with E-state index in [1.54, 1.807) is 13.0 Å². The van der Waals surface area contributed by atoms with Gasteiger partial charge in [-0.25, -0.2) is 0 Å². The van der Waals surface area contributed by atoms with Crippen LogP contribution in [0.5, 0.6) is 0 Å². The number of aliphatic hydroxyl groups is 1. The summed E-state index contributed by atoms with van der Waals surface area (Å²) in [7, 11) is 0. The highest BCUT2D eigenvalue weighted by molar-refractivity contribution is 5.87. The van der Waals surface area contributed by atoms with Crippen LogP contribution >= 0.6 is 0 Å². The van der Waals surface area contributed by atoms with Crippen molar-refractivity contribution in [3.05, 3.63) is 23.8 Å². The van der Waals surface area contributed by atoms with Gasteiger partial charge in [0.1, 0.15) is 0 Å². The minimum atomic E-state index is -0.345. The molecule has 84 valence electrons. The summed E-state index contributed by atoms with van der Waals surface area (Å²) in [6, 6.07) is 0. The molecule has 0 radical (unpaired) electrons. The number of rotatable bonds is 2. The van der Waals surface area contributed by atoms with E-state index in [0.29, 0.717) is 0 Å². The zero-order chi connectivity index (χ0) is 11.6. The summed E-state index contributed by atoms with van der Waals surface area (Å²) in [5, 5.41) is 9.64. The number of ketones is 1. The zero-order valence-electron chi connectivity index (χ0n) is 9.95. The molecule has 0 aromatic heterocycles. The van der Waals surface area contributed by atoms with Gasteiger partial charge in [-0.2, -0.15) is 0 Å². The van der Waals surface area contributed by atoms with E-state index in [1.807, 2.05) is 19.1 Å². The number of carbonyl (C=O) groups is 1. The highest BCUT2D eigenvalue weighted by Gasteiger charge is 2.34. The van der Waals surface area contributed by atoms with E-state index < -0.39 is 0 Å².